The summed E-state index contributed by atoms with van der Waals surface area (Å²) >= 11 is 0. The molecule has 0 saturated heterocycles. The summed E-state index contributed by atoms with van der Waals surface area (Å²) in [6.07, 6.45) is 0. The molecule has 15 heavy (non-hydrogen) atoms. The predicted molar refractivity (Wildman–Crippen MR) is 59.5 cm³/mol. The summed E-state index contributed by atoms with van der Waals surface area (Å²) in [6.45, 7) is 6.89. The molecule has 1 aromatic rings. The fourth-order valence-electron chi connectivity index (χ4n) is 1.19. The number of methoxy groups -OCH3 is 1. The predicted octanol–water partition coefficient (Wildman–Crippen LogP) is 2.72. The number of rotatable bonds is 3. The highest BCUT2D eigenvalue weighted by Crippen LogP contribution is 2.17. The van der Waals surface area contributed by atoms with Crippen LogP contribution in [0.2, 0.25) is 0 Å². The lowest BCUT2D eigenvalue weighted by Crippen LogP contribution is -2.35. The van der Waals surface area contributed by atoms with Crippen molar-refractivity contribution in [3.05, 3.63) is 29.6 Å². The van der Waals surface area contributed by atoms with E-state index in [1.54, 1.807) is 6.07 Å². The van der Waals surface area contributed by atoms with E-state index in [0.29, 0.717) is 6.54 Å². The number of nitrogens with one attached hydrogen (secondary N) is 1. The SMILES string of the molecule is COc1ccc(CNC(C)(C)C)cc1F. The molecule has 84 valence electrons. The van der Waals surface area contributed by atoms with Gasteiger partial charge in [-0.1, -0.05) is 6.07 Å². The first-order valence-electron chi connectivity index (χ1n) is 5.00. The topological polar surface area (TPSA) is 21.3 Å². The van der Waals surface area contributed by atoms with Crippen LogP contribution in [0.25, 0.3) is 0 Å². The third kappa shape index (κ3) is 3.88. The number of ether oxygens (including phenoxy) is 1. The average molecular weight is 211 g/mol. The van der Waals surface area contributed by atoms with E-state index < -0.39 is 0 Å². The van der Waals surface area contributed by atoms with Crippen LogP contribution in [0.4, 0.5) is 4.39 Å². The molecule has 0 amide bonds. The van der Waals surface area contributed by atoms with Gasteiger partial charge in [-0.3, -0.25) is 0 Å². The van der Waals surface area contributed by atoms with Crippen LogP contribution < -0.4 is 10.1 Å². The summed E-state index contributed by atoms with van der Waals surface area (Å²) < 4.78 is 18.2. The van der Waals surface area contributed by atoms with E-state index in [1.165, 1.54) is 13.2 Å². The van der Waals surface area contributed by atoms with Gasteiger partial charge < -0.3 is 10.1 Å². The molecule has 0 aliphatic carbocycles. The van der Waals surface area contributed by atoms with Crippen LogP contribution in [-0.4, -0.2) is 12.6 Å². The first kappa shape index (κ1) is 12.0. The minimum absolute atomic E-state index is 0.0381. The molecule has 0 aliphatic heterocycles. The molecule has 0 unspecified atom stereocenters. The second-order valence-corrected chi connectivity index (χ2v) is 4.57. The highest BCUT2D eigenvalue weighted by molar-refractivity contribution is 5.29. The minimum Gasteiger partial charge on any atom is -0.494 e. The zero-order valence-corrected chi connectivity index (χ0v) is 9.73. The number of benzene rings is 1. The Bertz CT molecular complexity index is 331. The van der Waals surface area contributed by atoms with Crippen molar-refractivity contribution in [1.82, 2.24) is 5.32 Å². The van der Waals surface area contributed by atoms with E-state index in [9.17, 15) is 4.39 Å². The molecule has 3 heteroatoms. The zero-order chi connectivity index (χ0) is 11.5. The van der Waals surface area contributed by atoms with Gasteiger partial charge in [0.1, 0.15) is 0 Å². The van der Waals surface area contributed by atoms with Crippen LogP contribution in [0.1, 0.15) is 26.3 Å². The van der Waals surface area contributed by atoms with Gasteiger partial charge in [0, 0.05) is 12.1 Å². The summed E-state index contributed by atoms with van der Waals surface area (Å²) in [5, 5.41) is 3.30. The van der Waals surface area contributed by atoms with E-state index in [4.69, 9.17) is 4.74 Å². The highest BCUT2D eigenvalue weighted by Gasteiger charge is 2.09. The molecular weight excluding hydrogens is 193 g/mol. The Morgan fingerprint density at radius 1 is 1.33 bits per heavy atom. The van der Waals surface area contributed by atoms with Gasteiger partial charge in [0.2, 0.25) is 0 Å². The summed E-state index contributed by atoms with van der Waals surface area (Å²) in [6, 6.07) is 5.01. The molecule has 0 fully saturated rings. The maximum Gasteiger partial charge on any atom is 0.165 e. The molecule has 2 nitrogen and oxygen atoms in total. The molecule has 1 aromatic carbocycles. The molecule has 1 rings (SSSR count). The Labute approximate surface area is 90.4 Å². The number of hydrogen-bond acceptors (Lipinski definition) is 2. The van der Waals surface area contributed by atoms with Gasteiger partial charge >= 0.3 is 0 Å². The number of hydrogen-bond donors (Lipinski definition) is 1. The summed E-state index contributed by atoms with van der Waals surface area (Å²) in [7, 11) is 1.46. The molecular formula is C12H18FNO. The van der Waals surface area contributed by atoms with Gasteiger partial charge in [-0.05, 0) is 38.5 Å². The lowest BCUT2D eigenvalue weighted by atomic mass is 10.1. The van der Waals surface area contributed by atoms with Gasteiger partial charge in [-0.25, -0.2) is 4.39 Å². The van der Waals surface area contributed by atoms with Crippen molar-refractivity contribution in [3.8, 4) is 5.75 Å². The first-order chi connectivity index (χ1) is 6.92. The van der Waals surface area contributed by atoms with Crippen LogP contribution in [-0.2, 0) is 6.54 Å². The van der Waals surface area contributed by atoms with E-state index in [-0.39, 0.29) is 17.1 Å². The molecule has 0 spiro atoms. The fourth-order valence-corrected chi connectivity index (χ4v) is 1.19. The molecule has 0 saturated carbocycles. The van der Waals surface area contributed by atoms with Crippen molar-refractivity contribution in [1.29, 1.82) is 0 Å². The Balaban J connectivity index is 2.68. The van der Waals surface area contributed by atoms with Gasteiger partial charge in [-0.15, -0.1) is 0 Å². The van der Waals surface area contributed by atoms with Crippen LogP contribution >= 0.6 is 0 Å². The smallest absolute Gasteiger partial charge is 0.165 e. The average Bonchev–Trinajstić information content (AvgIpc) is 2.14. The van der Waals surface area contributed by atoms with Crippen molar-refractivity contribution in [2.24, 2.45) is 0 Å². The van der Waals surface area contributed by atoms with Crippen LogP contribution in [0.5, 0.6) is 5.75 Å². The van der Waals surface area contributed by atoms with Gasteiger partial charge in [0.15, 0.2) is 11.6 Å². The highest BCUT2D eigenvalue weighted by atomic mass is 19.1. The summed E-state index contributed by atoms with van der Waals surface area (Å²) in [5.74, 6) is -0.0276. The normalized spacial score (nSPS) is 11.5. The molecule has 0 heterocycles. The maximum absolute atomic E-state index is 13.3. The summed E-state index contributed by atoms with van der Waals surface area (Å²) in [4.78, 5) is 0. The molecule has 1 N–H and O–H groups in total. The van der Waals surface area contributed by atoms with Gasteiger partial charge in [0.05, 0.1) is 7.11 Å². The Morgan fingerprint density at radius 2 is 2.00 bits per heavy atom. The molecule has 0 bridgehead atoms. The van der Waals surface area contributed by atoms with Crippen LogP contribution in [0.15, 0.2) is 18.2 Å². The lowest BCUT2D eigenvalue weighted by molar-refractivity contribution is 0.385. The zero-order valence-electron chi connectivity index (χ0n) is 9.73. The third-order valence-electron chi connectivity index (χ3n) is 2.04. The fraction of sp³-hybridized carbons (Fsp3) is 0.500. The lowest BCUT2D eigenvalue weighted by Gasteiger charge is -2.20. The second kappa shape index (κ2) is 4.62. The molecule has 0 radical (unpaired) electrons. The van der Waals surface area contributed by atoms with Crippen LogP contribution in [0.3, 0.4) is 0 Å². The maximum atomic E-state index is 13.3. The summed E-state index contributed by atoms with van der Waals surface area (Å²) in [5.41, 5.74) is 0.958. The standard InChI is InChI=1S/C12H18FNO/c1-12(2,3)14-8-9-5-6-11(15-4)10(13)7-9/h5-7,14H,8H2,1-4H3. The largest absolute Gasteiger partial charge is 0.494 e. The van der Waals surface area contributed by atoms with Crippen molar-refractivity contribution >= 4 is 0 Å². The van der Waals surface area contributed by atoms with E-state index in [1.807, 2.05) is 6.07 Å². The van der Waals surface area contributed by atoms with E-state index in [2.05, 4.69) is 26.1 Å². The Hall–Kier alpha value is -1.09. The first-order valence-corrected chi connectivity index (χ1v) is 5.00. The Morgan fingerprint density at radius 3 is 2.47 bits per heavy atom. The monoisotopic (exact) mass is 211 g/mol. The third-order valence-corrected chi connectivity index (χ3v) is 2.04. The van der Waals surface area contributed by atoms with Crippen molar-refractivity contribution in [2.75, 3.05) is 7.11 Å². The van der Waals surface area contributed by atoms with Crippen molar-refractivity contribution < 1.29 is 9.13 Å². The quantitative estimate of drug-likeness (QED) is 0.830. The van der Waals surface area contributed by atoms with Crippen LogP contribution in [0, 0.1) is 5.82 Å². The van der Waals surface area contributed by atoms with E-state index in [0.717, 1.165) is 5.56 Å². The molecule has 0 aliphatic rings. The molecule has 0 atom stereocenters. The van der Waals surface area contributed by atoms with Crippen molar-refractivity contribution in [3.63, 3.8) is 0 Å². The van der Waals surface area contributed by atoms with Crippen molar-refractivity contribution in [2.45, 2.75) is 32.9 Å². The molecule has 0 aromatic heterocycles. The number of halogens is 1. The Kier molecular flexibility index (Phi) is 3.69. The van der Waals surface area contributed by atoms with Gasteiger partial charge in [-0.2, -0.15) is 0 Å². The minimum atomic E-state index is -0.314. The van der Waals surface area contributed by atoms with E-state index >= 15 is 0 Å². The van der Waals surface area contributed by atoms with Gasteiger partial charge in [0.25, 0.3) is 0 Å². The second-order valence-electron chi connectivity index (χ2n) is 4.57.